The van der Waals surface area contributed by atoms with E-state index in [4.69, 9.17) is 0 Å². The molecule has 1 aliphatic rings. The highest BCUT2D eigenvalue weighted by Gasteiger charge is 2.41. The lowest BCUT2D eigenvalue weighted by Crippen LogP contribution is -2.31. The number of halogens is 3. The van der Waals surface area contributed by atoms with Gasteiger partial charge in [0, 0.05) is 37.5 Å². The third-order valence-corrected chi connectivity index (χ3v) is 6.32. The summed E-state index contributed by atoms with van der Waals surface area (Å²) in [5.41, 5.74) is 4.41. The lowest BCUT2D eigenvalue weighted by Gasteiger charge is -2.25. The van der Waals surface area contributed by atoms with Crippen LogP contribution in [0.15, 0.2) is 54.9 Å². The molecule has 1 amide bonds. The Labute approximate surface area is 194 Å². The summed E-state index contributed by atoms with van der Waals surface area (Å²) in [6.07, 6.45) is 0.0954. The van der Waals surface area contributed by atoms with Gasteiger partial charge in [0.2, 0.25) is 0 Å². The van der Waals surface area contributed by atoms with Crippen molar-refractivity contribution in [1.82, 2.24) is 24.3 Å². The highest BCUT2D eigenvalue weighted by atomic mass is 19.4. The second-order valence-electron chi connectivity index (χ2n) is 8.54. The van der Waals surface area contributed by atoms with E-state index in [0.717, 1.165) is 22.5 Å². The van der Waals surface area contributed by atoms with Crippen molar-refractivity contribution in [3.8, 4) is 11.3 Å². The fraction of sp³-hybridized carbons (Fsp3) is 0.320. The minimum atomic E-state index is -4.19. The molecule has 5 rings (SSSR count). The molecule has 1 atom stereocenters. The van der Waals surface area contributed by atoms with Gasteiger partial charge in [-0.25, -0.2) is 9.97 Å². The molecule has 0 bridgehead atoms. The lowest BCUT2D eigenvalue weighted by molar-refractivity contribution is -0.179. The van der Waals surface area contributed by atoms with E-state index in [2.05, 4.69) is 15.3 Å². The van der Waals surface area contributed by atoms with Crippen LogP contribution in [0, 0.1) is 5.92 Å². The van der Waals surface area contributed by atoms with Crippen LogP contribution < -0.4 is 5.32 Å². The van der Waals surface area contributed by atoms with Crippen molar-refractivity contribution in [3.05, 3.63) is 77.6 Å². The molecule has 6 nitrogen and oxygen atoms in total. The molecule has 1 aromatic carbocycles. The number of amides is 1. The molecule has 3 aromatic heterocycles. The summed E-state index contributed by atoms with van der Waals surface area (Å²) in [5.74, 6) is -1.05. The normalized spacial score (nSPS) is 15.9. The Morgan fingerprint density at radius 1 is 1.15 bits per heavy atom. The number of aryl methyl sites for hydroxylation is 2. The highest BCUT2D eigenvalue weighted by Crippen LogP contribution is 2.35. The van der Waals surface area contributed by atoms with Gasteiger partial charge in [0.05, 0.1) is 17.3 Å². The Morgan fingerprint density at radius 2 is 1.94 bits per heavy atom. The average Bonchev–Trinajstić information content (AvgIpc) is 3.43. The largest absolute Gasteiger partial charge is 0.392 e. The quantitative estimate of drug-likeness (QED) is 0.458. The molecule has 9 heteroatoms. The van der Waals surface area contributed by atoms with E-state index >= 15 is 0 Å². The molecule has 0 saturated carbocycles. The first-order valence-corrected chi connectivity index (χ1v) is 11.3. The Morgan fingerprint density at radius 3 is 2.68 bits per heavy atom. The summed E-state index contributed by atoms with van der Waals surface area (Å²) < 4.78 is 42.8. The molecule has 0 spiro atoms. The fourth-order valence-electron chi connectivity index (χ4n) is 4.44. The number of hydrogen-bond donors (Lipinski definition) is 1. The summed E-state index contributed by atoms with van der Waals surface area (Å²) in [4.78, 5) is 21.9. The lowest BCUT2D eigenvalue weighted by atomic mass is 9.97. The van der Waals surface area contributed by atoms with Crippen LogP contribution in [0.2, 0.25) is 0 Å². The monoisotopic (exact) mass is 467 g/mol. The zero-order valence-electron chi connectivity index (χ0n) is 18.6. The summed E-state index contributed by atoms with van der Waals surface area (Å²) in [6.45, 7) is 2.63. The van der Waals surface area contributed by atoms with Crippen LogP contribution in [-0.2, 0) is 25.9 Å². The van der Waals surface area contributed by atoms with E-state index in [1.165, 1.54) is 0 Å². The van der Waals surface area contributed by atoms with Gasteiger partial charge >= 0.3 is 6.18 Å². The van der Waals surface area contributed by atoms with Crippen LogP contribution >= 0.6 is 0 Å². The van der Waals surface area contributed by atoms with Crippen molar-refractivity contribution >= 4 is 11.6 Å². The van der Waals surface area contributed by atoms with Crippen LogP contribution in [0.4, 0.5) is 13.2 Å². The predicted octanol–water partition coefficient (Wildman–Crippen LogP) is 4.81. The van der Waals surface area contributed by atoms with Gasteiger partial charge in [-0.3, -0.25) is 9.20 Å². The number of carbonyl (C=O) groups is 1. The molecule has 0 saturated heterocycles. The molecular weight excluding hydrogens is 443 g/mol. The van der Waals surface area contributed by atoms with E-state index in [-0.39, 0.29) is 18.7 Å². The molecule has 1 N–H and O–H groups in total. The minimum Gasteiger partial charge on any atom is -0.347 e. The summed E-state index contributed by atoms with van der Waals surface area (Å²) >= 11 is 0. The zero-order valence-corrected chi connectivity index (χ0v) is 18.6. The number of imidazole rings is 2. The van der Waals surface area contributed by atoms with Crippen LogP contribution in [-0.4, -0.2) is 31.0 Å². The topological polar surface area (TPSA) is 64.2 Å². The van der Waals surface area contributed by atoms with Crippen molar-refractivity contribution in [2.75, 3.05) is 0 Å². The average molecular weight is 467 g/mol. The smallest absolute Gasteiger partial charge is 0.347 e. The number of benzene rings is 1. The van der Waals surface area contributed by atoms with E-state index in [1.54, 1.807) is 4.40 Å². The third-order valence-electron chi connectivity index (χ3n) is 6.32. The van der Waals surface area contributed by atoms with Gasteiger partial charge in [0.1, 0.15) is 17.2 Å². The van der Waals surface area contributed by atoms with Gasteiger partial charge in [-0.2, -0.15) is 13.2 Å². The zero-order chi connectivity index (χ0) is 23.9. The van der Waals surface area contributed by atoms with Gasteiger partial charge in [-0.05, 0) is 30.5 Å². The number of carbonyl (C=O) groups excluding carboxylic acids is 1. The van der Waals surface area contributed by atoms with Crippen molar-refractivity contribution in [2.45, 2.75) is 45.5 Å². The summed E-state index contributed by atoms with van der Waals surface area (Å²) in [6, 6.07) is 13.2. The van der Waals surface area contributed by atoms with Gasteiger partial charge < -0.3 is 9.88 Å². The van der Waals surface area contributed by atoms with Gasteiger partial charge in [0.15, 0.2) is 0 Å². The maximum Gasteiger partial charge on any atom is 0.392 e. The molecule has 4 heterocycles. The van der Waals surface area contributed by atoms with Crippen molar-refractivity contribution in [3.63, 3.8) is 0 Å². The second-order valence-corrected chi connectivity index (χ2v) is 8.54. The number of pyridine rings is 1. The first-order chi connectivity index (χ1) is 16.3. The maximum atomic E-state index is 13.1. The molecule has 176 valence electrons. The number of rotatable bonds is 5. The first-order valence-electron chi connectivity index (χ1n) is 11.3. The number of nitrogens with one attached hydrogen (secondary N) is 1. The molecule has 34 heavy (non-hydrogen) atoms. The first kappa shape index (κ1) is 22.2. The van der Waals surface area contributed by atoms with Crippen molar-refractivity contribution < 1.29 is 18.0 Å². The molecular formula is C25H24F3N5O. The molecule has 0 aliphatic carbocycles. The molecule has 0 unspecified atom stereocenters. The molecule has 0 radical (unpaired) electrons. The second kappa shape index (κ2) is 8.62. The number of alkyl halides is 3. The Hall–Kier alpha value is -3.62. The van der Waals surface area contributed by atoms with Crippen molar-refractivity contribution in [2.24, 2.45) is 5.92 Å². The molecule has 1 aliphatic heterocycles. The predicted molar refractivity (Wildman–Crippen MR) is 121 cm³/mol. The Bertz CT molecular complexity index is 1340. The highest BCUT2D eigenvalue weighted by molar-refractivity contribution is 5.94. The third kappa shape index (κ3) is 4.18. The van der Waals surface area contributed by atoms with E-state index < -0.39 is 12.1 Å². The van der Waals surface area contributed by atoms with E-state index in [9.17, 15) is 18.0 Å². The Kier molecular flexibility index (Phi) is 5.63. The number of nitrogens with zero attached hydrogens (tertiary/aromatic N) is 4. The van der Waals surface area contributed by atoms with Crippen molar-refractivity contribution in [1.29, 1.82) is 0 Å². The number of fused-ring (bicyclic) bond motifs is 2. The van der Waals surface area contributed by atoms with Crippen LogP contribution in [0.25, 0.3) is 16.9 Å². The number of hydrogen-bond acceptors (Lipinski definition) is 3. The van der Waals surface area contributed by atoms with E-state index in [0.29, 0.717) is 36.7 Å². The minimum absolute atomic E-state index is 0.0805. The van der Waals surface area contributed by atoms with Crippen LogP contribution in [0.1, 0.15) is 40.9 Å². The fourth-order valence-corrected chi connectivity index (χ4v) is 4.44. The van der Waals surface area contributed by atoms with E-state index in [1.807, 2.05) is 66.3 Å². The maximum absolute atomic E-state index is 13.1. The van der Waals surface area contributed by atoms with Gasteiger partial charge in [0.25, 0.3) is 5.91 Å². The SMILES string of the molecule is CCc1nc2ccccn2c1C(=O)NCc1ccc(-c2cn3c(n2)C[C@H](C(F)(F)F)CC3)cc1. The van der Waals surface area contributed by atoms with Crippen LogP contribution in [0.3, 0.4) is 0 Å². The summed E-state index contributed by atoms with van der Waals surface area (Å²) in [5, 5.41) is 2.96. The van der Waals surface area contributed by atoms with Gasteiger partial charge in [-0.1, -0.05) is 37.3 Å². The Balaban J connectivity index is 1.27. The molecule has 0 fully saturated rings. The molecule has 4 aromatic rings. The standard InChI is InChI=1S/C25H24F3N5O/c1-2-19-23(33-11-4-3-5-21(33)30-19)24(34)29-14-16-6-8-17(9-7-16)20-15-32-12-10-18(25(26,27)28)13-22(32)31-20/h3-9,11,15,18H,2,10,12-14H2,1H3,(H,29,34)/t18-/m1/s1. The number of aromatic nitrogens is 4. The van der Waals surface area contributed by atoms with Crippen LogP contribution in [0.5, 0.6) is 0 Å². The summed E-state index contributed by atoms with van der Waals surface area (Å²) in [7, 11) is 0. The van der Waals surface area contributed by atoms with Gasteiger partial charge in [-0.15, -0.1) is 0 Å².